The third kappa shape index (κ3) is 5.46. The summed E-state index contributed by atoms with van der Waals surface area (Å²) in [6.07, 6.45) is 3.65. The van der Waals surface area contributed by atoms with Crippen LogP contribution in [0.2, 0.25) is 0 Å². The Bertz CT molecular complexity index is 1280. The topological polar surface area (TPSA) is 78.4 Å². The summed E-state index contributed by atoms with van der Waals surface area (Å²) < 4.78 is 13.5. The third-order valence-corrected chi connectivity index (χ3v) is 5.55. The van der Waals surface area contributed by atoms with E-state index in [1.165, 1.54) is 17.0 Å². The van der Waals surface area contributed by atoms with Crippen molar-refractivity contribution in [3.8, 4) is 11.8 Å². The van der Waals surface area contributed by atoms with Crippen LogP contribution in [0.15, 0.2) is 54.7 Å². The minimum atomic E-state index is -0.345. The van der Waals surface area contributed by atoms with E-state index in [9.17, 15) is 14.0 Å². The zero-order valence-corrected chi connectivity index (χ0v) is 19.7. The highest BCUT2D eigenvalue weighted by Crippen LogP contribution is 2.23. The molecule has 1 aliphatic rings. The minimum Gasteiger partial charge on any atom is -0.358 e. The van der Waals surface area contributed by atoms with Gasteiger partial charge < -0.3 is 10.2 Å². The predicted octanol–water partition coefficient (Wildman–Crippen LogP) is 4.63. The van der Waals surface area contributed by atoms with Crippen molar-refractivity contribution in [2.75, 3.05) is 30.4 Å². The fourth-order valence-corrected chi connectivity index (χ4v) is 3.87. The van der Waals surface area contributed by atoms with Gasteiger partial charge in [0.15, 0.2) is 0 Å². The van der Waals surface area contributed by atoms with Crippen molar-refractivity contribution < 1.29 is 14.0 Å². The van der Waals surface area contributed by atoms with Crippen LogP contribution in [0.3, 0.4) is 0 Å². The number of anilines is 3. The van der Waals surface area contributed by atoms with E-state index in [0.29, 0.717) is 53.5 Å². The largest absolute Gasteiger partial charge is 0.358 e. The second-order valence-corrected chi connectivity index (χ2v) is 8.20. The number of amides is 2. The number of hydrogen-bond donors (Lipinski definition) is 1. The van der Waals surface area contributed by atoms with Crippen LogP contribution in [0.5, 0.6) is 0 Å². The van der Waals surface area contributed by atoms with Gasteiger partial charge in [-0.3, -0.25) is 14.5 Å². The van der Waals surface area contributed by atoms with Gasteiger partial charge in [-0.1, -0.05) is 37.0 Å². The number of benzene rings is 2. The van der Waals surface area contributed by atoms with Crippen molar-refractivity contribution >= 4 is 29.3 Å². The van der Waals surface area contributed by atoms with Gasteiger partial charge in [-0.25, -0.2) is 9.37 Å². The van der Waals surface area contributed by atoms with E-state index < -0.39 is 0 Å². The van der Waals surface area contributed by atoms with E-state index in [4.69, 9.17) is 0 Å². The van der Waals surface area contributed by atoms with E-state index in [2.05, 4.69) is 34.0 Å². The number of rotatable bonds is 8. The number of carbonyl (C=O) groups is 2. The normalized spacial score (nSPS) is 12.3. The molecular formula is C27H26FN5O2. The maximum absolute atomic E-state index is 13.5. The van der Waals surface area contributed by atoms with Crippen LogP contribution in [-0.2, 0) is 0 Å². The molecular weight excluding hydrogens is 445 g/mol. The number of halogens is 1. The van der Waals surface area contributed by atoms with Gasteiger partial charge in [0.25, 0.3) is 11.8 Å². The molecule has 2 amide bonds. The molecule has 1 aromatic heterocycles. The van der Waals surface area contributed by atoms with E-state index in [1.54, 1.807) is 42.6 Å². The first-order chi connectivity index (χ1) is 17.0. The zero-order chi connectivity index (χ0) is 24.8. The molecule has 0 fully saturated rings. The molecule has 0 bridgehead atoms. The van der Waals surface area contributed by atoms with Gasteiger partial charge in [0.05, 0.1) is 22.9 Å². The second kappa shape index (κ2) is 10.8. The number of nitrogens with zero attached hydrogens (tertiary/aromatic N) is 4. The summed E-state index contributed by atoms with van der Waals surface area (Å²) in [6.45, 7) is 3.18. The Kier molecular flexibility index (Phi) is 7.36. The molecule has 35 heavy (non-hydrogen) atoms. The summed E-state index contributed by atoms with van der Waals surface area (Å²) in [5.74, 6) is 6.41. The predicted molar refractivity (Wildman–Crippen MR) is 133 cm³/mol. The number of unbranched alkanes of at least 4 members (excludes halogenated alkanes) is 1. The van der Waals surface area contributed by atoms with Crippen LogP contribution in [0.1, 0.15) is 52.5 Å². The third-order valence-electron chi connectivity index (χ3n) is 5.55. The monoisotopic (exact) mass is 471 g/mol. The SMILES string of the molecule is CCCN(C)c1nc(Nc2cccc(F)c2)ncc1C#CCCCN1C(=O)c2ccccc2C1=O. The van der Waals surface area contributed by atoms with E-state index in [0.717, 1.165) is 13.0 Å². The summed E-state index contributed by atoms with van der Waals surface area (Å²) in [7, 11) is 1.94. The maximum atomic E-state index is 13.5. The van der Waals surface area contributed by atoms with Crippen LogP contribution in [-0.4, -0.2) is 46.8 Å². The number of aromatic nitrogens is 2. The number of fused-ring (bicyclic) bond motifs is 1. The number of carbonyl (C=O) groups excluding carboxylic acids is 2. The second-order valence-electron chi connectivity index (χ2n) is 8.20. The van der Waals surface area contributed by atoms with Gasteiger partial charge >= 0.3 is 0 Å². The molecule has 0 unspecified atom stereocenters. The molecule has 1 N–H and O–H groups in total. The van der Waals surface area contributed by atoms with Crippen molar-refractivity contribution in [3.63, 3.8) is 0 Å². The highest BCUT2D eigenvalue weighted by molar-refractivity contribution is 6.21. The smallest absolute Gasteiger partial charge is 0.261 e. The number of imide groups is 1. The lowest BCUT2D eigenvalue weighted by Gasteiger charge is -2.19. The minimum absolute atomic E-state index is 0.253. The van der Waals surface area contributed by atoms with E-state index in [1.807, 2.05) is 11.9 Å². The Morgan fingerprint density at radius 2 is 1.83 bits per heavy atom. The lowest BCUT2D eigenvalue weighted by Crippen LogP contribution is -2.30. The Morgan fingerprint density at radius 1 is 1.09 bits per heavy atom. The molecule has 0 atom stereocenters. The quantitative estimate of drug-likeness (QED) is 0.293. The summed E-state index contributed by atoms with van der Waals surface area (Å²) in [5.41, 5.74) is 2.14. The summed E-state index contributed by atoms with van der Waals surface area (Å²) >= 11 is 0. The van der Waals surface area contributed by atoms with Crippen molar-refractivity contribution in [2.45, 2.75) is 26.2 Å². The first kappa shape index (κ1) is 23.9. The Morgan fingerprint density at radius 3 is 2.51 bits per heavy atom. The van der Waals surface area contributed by atoms with Gasteiger partial charge in [0.1, 0.15) is 11.6 Å². The van der Waals surface area contributed by atoms with Gasteiger partial charge in [-0.05, 0) is 43.2 Å². The standard InChI is InChI=1S/C27H26FN5O2/c1-3-15-32(2)24-19(18-29-27(31-24)30-21-12-9-11-20(28)17-21)10-5-4-8-16-33-25(34)22-13-6-7-14-23(22)26(33)35/h6-7,9,11-14,17-18H,3-4,8,15-16H2,1-2H3,(H,29,30,31). The Hall–Kier alpha value is -4.25. The van der Waals surface area contributed by atoms with Crippen molar-refractivity contribution in [3.05, 3.63) is 77.2 Å². The number of nitrogens with one attached hydrogen (secondary N) is 1. The molecule has 2 aromatic carbocycles. The molecule has 4 rings (SSSR count). The van der Waals surface area contributed by atoms with Crippen molar-refractivity contribution in [1.82, 2.24) is 14.9 Å². The van der Waals surface area contributed by atoms with Crippen LogP contribution in [0, 0.1) is 17.7 Å². The Balaban J connectivity index is 1.43. The van der Waals surface area contributed by atoms with Gasteiger partial charge in [-0.2, -0.15) is 4.98 Å². The van der Waals surface area contributed by atoms with E-state index >= 15 is 0 Å². The van der Waals surface area contributed by atoms with Crippen molar-refractivity contribution in [2.24, 2.45) is 0 Å². The summed E-state index contributed by atoms with van der Waals surface area (Å²) in [6, 6.07) is 13.0. The highest BCUT2D eigenvalue weighted by Gasteiger charge is 2.34. The van der Waals surface area contributed by atoms with E-state index in [-0.39, 0.29) is 17.6 Å². The first-order valence-corrected chi connectivity index (χ1v) is 11.5. The zero-order valence-electron chi connectivity index (χ0n) is 19.7. The molecule has 0 radical (unpaired) electrons. The lowest BCUT2D eigenvalue weighted by atomic mass is 10.1. The molecule has 7 nitrogen and oxygen atoms in total. The van der Waals surface area contributed by atoms with Gasteiger partial charge in [-0.15, -0.1) is 0 Å². The molecule has 0 aliphatic carbocycles. The lowest BCUT2D eigenvalue weighted by molar-refractivity contribution is 0.0653. The molecule has 8 heteroatoms. The summed E-state index contributed by atoms with van der Waals surface area (Å²) in [4.78, 5) is 37.2. The average Bonchev–Trinajstić information content (AvgIpc) is 3.09. The van der Waals surface area contributed by atoms with Crippen LogP contribution in [0.4, 0.5) is 21.8 Å². The summed E-state index contributed by atoms with van der Waals surface area (Å²) in [5, 5.41) is 3.03. The molecule has 0 saturated carbocycles. The average molecular weight is 472 g/mol. The molecule has 178 valence electrons. The Labute approximate surface area is 204 Å². The molecule has 1 aliphatic heterocycles. The molecule has 0 spiro atoms. The molecule has 2 heterocycles. The first-order valence-electron chi connectivity index (χ1n) is 11.5. The number of hydrogen-bond acceptors (Lipinski definition) is 6. The van der Waals surface area contributed by atoms with Crippen LogP contribution in [0.25, 0.3) is 0 Å². The fourth-order valence-electron chi connectivity index (χ4n) is 3.87. The van der Waals surface area contributed by atoms with Crippen LogP contribution < -0.4 is 10.2 Å². The van der Waals surface area contributed by atoms with Gasteiger partial charge in [0.2, 0.25) is 5.95 Å². The van der Waals surface area contributed by atoms with Gasteiger partial charge in [0, 0.05) is 32.2 Å². The highest BCUT2D eigenvalue weighted by atomic mass is 19.1. The van der Waals surface area contributed by atoms with Crippen LogP contribution >= 0.6 is 0 Å². The maximum Gasteiger partial charge on any atom is 0.261 e. The molecule has 0 saturated heterocycles. The van der Waals surface area contributed by atoms with Crippen molar-refractivity contribution in [1.29, 1.82) is 0 Å². The fraction of sp³-hybridized carbons (Fsp3) is 0.259. The molecule has 3 aromatic rings.